The van der Waals surface area contributed by atoms with E-state index in [0.717, 1.165) is 19.5 Å². The van der Waals surface area contributed by atoms with Crippen molar-refractivity contribution in [3.63, 3.8) is 0 Å². The van der Waals surface area contributed by atoms with Gasteiger partial charge in [0.1, 0.15) is 0 Å². The third kappa shape index (κ3) is 2.75. The average Bonchev–Trinajstić information content (AvgIpc) is 2.71. The van der Waals surface area contributed by atoms with Gasteiger partial charge in [-0.25, -0.2) is 0 Å². The zero-order valence-electron chi connectivity index (χ0n) is 11.1. The maximum absolute atomic E-state index is 5.38. The Bertz CT molecular complexity index is 558. The molecule has 18 heavy (non-hydrogen) atoms. The summed E-state index contributed by atoms with van der Waals surface area (Å²) in [6, 6.07) is 11.2. The first-order chi connectivity index (χ1) is 8.72. The van der Waals surface area contributed by atoms with Crippen LogP contribution in [0.5, 0.6) is 0 Å². The van der Waals surface area contributed by atoms with Gasteiger partial charge in [-0.15, -0.1) is 12.3 Å². The Kier molecular flexibility index (Phi) is 4.07. The summed E-state index contributed by atoms with van der Waals surface area (Å²) in [6.45, 7) is 6.10. The monoisotopic (exact) mass is 240 g/mol. The number of nitrogens with zero attached hydrogens (tertiary/aromatic N) is 1. The van der Waals surface area contributed by atoms with Crippen molar-refractivity contribution in [2.45, 2.75) is 39.4 Å². The van der Waals surface area contributed by atoms with Gasteiger partial charge in [-0.1, -0.05) is 32.0 Å². The topological polar surface area (TPSA) is 17.0 Å². The lowest BCUT2D eigenvalue weighted by Crippen LogP contribution is -2.23. The molecule has 0 radical (unpaired) electrons. The lowest BCUT2D eigenvalue weighted by Gasteiger charge is -2.12. The zero-order valence-corrected chi connectivity index (χ0v) is 11.1. The number of rotatable bonds is 5. The molecule has 0 aliphatic carbocycles. The smallest absolute Gasteiger partial charge is 0.0483 e. The lowest BCUT2D eigenvalue weighted by molar-refractivity contribution is 0.561. The maximum Gasteiger partial charge on any atom is 0.0483 e. The average molecular weight is 240 g/mol. The van der Waals surface area contributed by atoms with Crippen LogP contribution in [-0.4, -0.2) is 10.6 Å². The molecule has 0 bridgehead atoms. The summed E-state index contributed by atoms with van der Waals surface area (Å²) >= 11 is 0. The summed E-state index contributed by atoms with van der Waals surface area (Å²) < 4.78 is 2.32. The highest BCUT2D eigenvalue weighted by atomic mass is 15.0. The number of para-hydroxylation sites is 1. The van der Waals surface area contributed by atoms with E-state index in [1.54, 1.807) is 0 Å². The summed E-state index contributed by atoms with van der Waals surface area (Å²) in [5.74, 6) is 2.72. The van der Waals surface area contributed by atoms with Crippen LogP contribution >= 0.6 is 0 Å². The van der Waals surface area contributed by atoms with E-state index in [4.69, 9.17) is 6.42 Å². The fourth-order valence-electron chi connectivity index (χ4n) is 2.16. The van der Waals surface area contributed by atoms with Crippen LogP contribution in [0.2, 0.25) is 0 Å². The SMILES string of the molecule is C#CCCn1c(CNC(C)C)cc2ccccc21. The third-order valence-electron chi connectivity index (χ3n) is 3.07. The molecule has 1 aromatic carbocycles. The summed E-state index contributed by atoms with van der Waals surface area (Å²) in [7, 11) is 0. The van der Waals surface area contributed by atoms with Crippen LogP contribution < -0.4 is 5.32 Å². The van der Waals surface area contributed by atoms with Gasteiger partial charge in [0.25, 0.3) is 0 Å². The normalized spacial score (nSPS) is 11.0. The van der Waals surface area contributed by atoms with Gasteiger partial charge in [0.2, 0.25) is 0 Å². The van der Waals surface area contributed by atoms with Crippen molar-refractivity contribution in [1.29, 1.82) is 0 Å². The number of nitrogens with one attached hydrogen (secondary N) is 1. The van der Waals surface area contributed by atoms with Gasteiger partial charge in [0.05, 0.1) is 0 Å². The van der Waals surface area contributed by atoms with Crippen LogP contribution in [0.15, 0.2) is 30.3 Å². The molecule has 0 aliphatic heterocycles. The van der Waals surface area contributed by atoms with Crippen LogP contribution in [0.3, 0.4) is 0 Å². The molecule has 1 aromatic heterocycles. The minimum absolute atomic E-state index is 0.490. The Morgan fingerprint density at radius 2 is 2.11 bits per heavy atom. The number of terminal acetylenes is 1. The van der Waals surface area contributed by atoms with Crippen molar-refractivity contribution in [3.8, 4) is 12.3 Å². The third-order valence-corrected chi connectivity index (χ3v) is 3.07. The van der Waals surface area contributed by atoms with Gasteiger partial charge in [-0.2, -0.15) is 0 Å². The van der Waals surface area contributed by atoms with E-state index in [1.807, 2.05) is 0 Å². The van der Waals surface area contributed by atoms with Gasteiger partial charge in [-0.3, -0.25) is 0 Å². The van der Waals surface area contributed by atoms with Gasteiger partial charge in [0, 0.05) is 36.8 Å². The fourth-order valence-corrected chi connectivity index (χ4v) is 2.16. The summed E-state index contributed by atoms with van der Waals surface area (Å²) in [5.41, 5.74) is 2.58. The standard InChI is InChI=1S/C16H20N2/c1-4-5-10-18-15(12-17-13(2)3)11-14-8-6-7-9-16(14)18/h1,6-9,11,13,17H,5,10,12H2,2-3H3. The number of hydrogen-bond donors (Lipinski definition) is 1. The van der Waals surface area contributed by atoms with Crippen LogP contribution in [0, 0.1) is 12.3 Å². The molecule has 0 aliphatic rings. The minimum atomic E-state index is 0.490. The second-order valence-corrected chi connectivity index (χ2v) is 4.84. The molecule has 0 saturated carbocycles. The van der Waals surface area contributed by atoms with E-state index in [0.29, 0.717) is 6.04 Å². The molecule has 2 aromatic rings. The molecule has 0 saturated heterocycles. The Morgan fingerprint density at radius 1 is 1.33 bits per heavy atom. The molecular weight excluding hydrogens is 220 g/mol. The molecule has 2 heteroatoms. The molecule has 0 atom stereocenters. The van der Waals surface area contributed by atoms with Crippen LogP contribution in [0.1, 0.15) is 26.0 Å². The number of aryl methyl sites for hydroxylation is 1. The van der Waals surface area contributed by atoms with Gasteiger partial charge < -0.3 is 9.88 Å². The van der Waals surface area contributed by atoms with Crippen molar-refractivity contribution < 1.29 is 0 Å². The Balaban J connectivity index is 2.34. The predicted molar refractivity (Wildman–Crippen MR) is 77.4 cm³/mol. The molecule has 1 N–H and O–H groups in total. The van der Waals surface area contributed by atoms with E-state index in [-0.39, 0.29) is 0 Å². The quantitative estimate of drug-likeness (QED) is 0.794. The number of hydrogen-bond acceptors (Lipinski definition) is 1. The van der Waals surface area contributed by atoms with E-state index in [9.17, 15) is 0 Å². The second kappa shape index (κ2) is 5.75. The van der Waals surface area contributed by atoms with E-state index < -0.39 is 0 Å². The number of fused-ring (bicyclic) bond motifs is 1. The van der Waals surface area contributed by atoms with Gasteiger partial charge in [-0.05, 0) is 17.5 Å². The number of benzene rings is 1. The van der Waals surface area contributed by atoms with Crippen LogP contribution in [0.4, 0.5) is 0 Å². The molecular formula is C16H20N2. The first-order valence-electron chi connectivity index (χ1n) is 6.46. The lowest BCUT2D eigenvalue weighted by atomic mass is 10.2. The van der Waals surface area contributed by atoms with Crippen LogP contribution in [0.25, 0.3) is 10.9 Å². The second-order valence-electron chi connectivity index (χ2n) is 4.84. The Morgan fingerprint density at radius 3 is 2.83 bits per heavy atom. The molecule has 2 nitrogen and oxygen atoms in total. The molecule has 0 fully saturated rings. The molecule has 94 valence electrons. The first kappa shape index (κ1) is 12.7. The highest BCUT2D eigenvalue weighted by molar-refractivity contribution is 5.81. The minimum Gasteiger partial charge on any atom is -0.342 e. The van der Waals surface area contributed by atoms with E-state index >= 15 is 0 Å². The van der Waals surface area contributed by atoms with Crippen molar-refractivity contribution in [1.82, 2.24) is 9.88 Å². The van der Waals surface area contributed by atoms with Gasteiger partial charge >= 0.3 is 0 Å². The zero-order chi connectivity index (χ0) is 13.0. The summed E-state index contributed by atoms with van der Waals surface area (Å²) in [4.78, 5) is 0. The highest BCUT2D eigenvalue weighted by Gasteiger charge is 2.07. The van der Waals surface area contributed by atoms with Crippen molar-refractivity contribution in [3.05, 3.63) is 36.0 Å². The fraction of sp³-hybridized carbons (Fsp3) is 0.375. The molecule has 1 heterocycles. The van der Waals surface area contributed by atoms with Crippen molar-refractivity contribution >= 4 is 10.9 Å². The highest BCUT2D eigenvalue weighted by Crippen LogP contribution is 2.20. The summed E-state index contributed by atoms with van der Waals surface area (Å²) in [6.07, 6.45) is 6.15. The number of aromatic nitrogens is 1. The van der Waals surface area contributed by atoms with E-state index in [2.05, 4.69) is 60.0 Å². The van der Waals surface area contributed by atoms with Crippen molar-refractivity contribution in [2.75, 3.05) is 0 Å². The van der Waals surface area contributed by atoms with Crippen molar-refractivity contribution in [2.24, 2.45) is 0 Å². The maximum atomic E-state index is 5.38. The predicted octanol–water partition coefficient (Wildman–Crippen LogP) is 3.16. The molecule has 0 unspecified atom stereocenters. The Labute approximate surface area is 109 Å². The largest absolute Gasteiger partial charge is 0.342 e. The summed E-state index contributed by atoms with van der Waals surface area (Å²) in [5, 5.41) is 4.75. The Hall–Kier alpha value is -1.72. The first-order valence-corrected chi connectivity index (χ1v) is 6.46. The molecule has 0 spiro atoms. The van der Waals surface area contributed by atoms with Gasteiger partial charge in [0.15, 0.2) is 0 Å². The van der Waals surface area contributed by atoms with Crippen LogP contribution in [-0.2, 0) is 13.1 Å². The molecule has 0 amide bonds. The van der Waals surface area contributed by atoms with E-state index in [1.165, 1.54) is 16.6 Å². The molecule has 2 rings (SSSR count).